The van der Waals surface area contributed by atoms with Crippen molar-refractivity contribution < 1.29 is 8.42 Å². The molecule has 9 aromatic rings. The number of hydrogen-bond acceptors (Lipinski definition) is 12. The van der Waals surface area contributed by atoms with Gasteiger partial charge in [-0.2, -0.15) is 20.2 Å². The van der Waals surface area contributed by atoms with Gasteiger partial charge in [0.15, 0.2) is 0 Å². The van der Waals surface area contributed by atoms with Gasteiger partial charge in [0.2, 0.25) is 9.84 Å². The summed E-state index contributed by atoms with van der Waals surface area (Å²) in [7, 11) is -3.35. The maximum atomic E-state index is 11.4. The Morgan fingerprint density at radius 2 is 1.39 bits per heavy atom. The van der Waals surface area contributed by atoms with E-state index in [9.17, 15) is 13.2 Å². The summed E-state index contributed by atoms with van der Waals surface area (Å²) in [5.41, 5.74) is 11.4. The molecule has 0 fully saturated rings. The van der Waals surface area contributed by atoms with Crippen molar-refractivity contribution in [1.82, 2.24) is 30.4 Å². The van der Waals surface area contributed by atoms with Crippen molar-refractivity contribution in [1.29, 1.82) is 0 Å². The first-order valence-electron chi connectivity index (χ1n) is 16.7. The Bertz CT molecular complexity index is 3110. The molecule has 0 amide bonds. The number of fused-ring (bicyclic) bond motifs is 4. The minimum Gasteiger partial charge on any atom is -0.399 e. The van der Waals surface area contributed by atoms with Crippen LogP contribution < -0.4 is 16.7 Å². The van der Waals surface area contributed by atoms with Crippen LogP contribution in [0.25, 0.3) is 62.9 Å². The Hall–Kier alpha value is -6.55. The number of anilines is 3. The van der Waals surface area contributed by atoms with Crippen molar-refractivity contribution >= 4 is 114 Å². The molecule has 13 nitrogen and oxygen atoms in total. The third-order valence-corrected chi connectivity index (χ3v) is 11.7. The molecule has 0 unspecified atom stereocenters. The van der Waals surface area contributed by atoms with Crippen molar-refractivity contribution in [2.45, 2.75) is 0 Å². The average molecular weight is 816 g/mol. The van der Waals surface area contributed by atoms with E-state index in [4.69, 9.17) is 17.3 Å². The largest absolute Gasteiger partial charge is 0.399 e. The molecule has 10 rings (SSSR count). The fourth-order valence-electron chi connectivity index (χ4n) is 5.89. The maximum Gasteiger partial charge on any atom is 0.384 e. The van der Waals surface area contributed by atoms with Crippen LogP contribution >= 0.6 is 34.3 Å². The van der Waals surface area contributed by atoms with Crippen LogP contribution in [0.5, 0.6) is 0 Å². The smallest absolute Gasteiger partial charge is 0.384 e. The number of thiophene rings is 2. The maximum absolute atomic E-state index is 11.4. The zero-order valence-electron chi connectivity index (χ0n) is 29.1. The average Bonchev–Trinajstić information content (AvgIpc) is 4.00. The molecule has 0 saturated heterocycles. The quantitative estimate of drug-likeness (QED) is 0.0858. The van der Waals surface area contributed by atoms with Gasteiger partial charge >= 0.3 is 16.9 Å². The van der Waals surface area contributed by atoms with Gasteiger partial charge in [-0.3, -0.25) is 15.2 Å². The van der Waals surface area contributed by atoms with E-state index in [0.29, 0.717) is 5.82 Å². The Morgan fingerprint density at radius 1 is 0.786 bits per heavy atom. The van der Waals surface area contributed by atoms with E-state index >= 15 is 0 Å². The first-order chi connectivity index (χ1) is 27.1. The van der Waals surface area contributed by atoms with Gasteiger partial charge in [-0.05, 0) is 77.0 Å². The summed E-state index contributed by atoms with van der Waals surface area (Å²) in [6.45, 7) is 0. The van der Waals surface area contributed by atoms with Crippen molar-refractivity contribution in [3.63, 3.8) is 0 Å². The van der Waals surface area contributed by atoms with Gasteiger partial charge < -0.3 is 11.1 Å². The zero-order valence-corrected chi connectivity index (χ0v) is 32.3. The molecule has 1 aliphatic rings. The van der Waals surface area contributed by atoms with E-state index in [1.165, 1.54) is 37.4 Å². The first-order valence-corrected chi connectivity index (χ1v) is 20.6. The van der Waals surface area contributed by atoms with Crippen molar-refractivity contribution in [3.8, 4) is 20.9 Å². The monoisotopic (exact) mass is 815 g/mol. The van der Waals surface area contributed by atoms with Crippen LogP contribution in [0.4, 0.5) is 17.2 Å². The highest BCUT2D eigenvalue weighted by atomic mass is 35.5. The Kier molecular flexibility index (Phi) is 9.95. The lowest BCUT2D eigenvalue weighted by molar-refractivity contribution is 0.612. The summed E-state index contributed by atoms with van der Waals surface area (Å²) in [6.07, 6.45) is 9.69. The fourth-order valence-corrected chi connectivity index (χ4v) is 8.74. The Balaban J connectivity index is 0.000000129. The summed E-state index contributed by atoms with van der Waals surface area (Å²) in [4.78, 5) is 27.0. The van der Waals surface area contributed by atoms with Crippen LogP contribution in [0, 0.1) is 6.08 Å². The van der Waals surface area contributed by atoms with E-state index < -0.39 is 9.84 Å². The van der Waals surface area contributed by atoms with E-state index in [-0.39, 0.29) is 16.0 Å². The number of aromatic amines is 3. The summed E-state index contributed by atoms with van der Waals surface area (Å²) in [5.74, 6) is 0.593. The molecule has 4 aromatic carbocycles. The molecule has 5 aromatic heterocycles. The lowest BCUT2D eigenvalue weighted by atomic mass is 10.1. The highest BCUT2D eigenvalue weighted by Crippen LogP contribution is 2.39. The van der Waals surface area contributed by atoms with E-state index in [1.54, 1.807) is 34.9 Å². The number of aliphatic imine (C=N–C) groups is 2. The van der Waals surface area contributed by atoms with Gasteiger partial charge in [0.1, 0.15) is 5.82 Å². The van der Waals surface area contributed by atoms with E-state index in [0.717, 1.165) is 55.4 Å². The molecule has 6 N–H and O–H groups in total. The highest BCUT2D eigenvalue weighted by Gasteiger charge is 2.20. The van der Waals surface area contributed by atoms with Crippen LogP contribution in [0.2, 0.25) is 0 Å². The molecule has 0 saturated carbocycles. The SMILES string of the molecule is CS(=O)(=O)C1=NC=[C+]C(Cl)=N1.Nc1cc(-c2cc3ccccc3s2)c2[nH]ncc2c1.O=c1nccc(Nc2cc(-c3cc4ccccc4s3)c3[nH]ncc3c2)[nH]1. The molecule has 276 valence electrons. The number of halogens is 1. The minimum atomic E-state index is -3.35. The zero-order chi connectivity index (χ0) is 38.8. The number of hydrogen-bond donors (Lipinski definition) is 5. The highest BCUT2D eigenvalue weighted by molar-refractivity contribution is 8.05. The number of benzene rings is 4. The molecular formula is C39H28ClN10O3S3+. The molecule has 0 radical (unpaired) electrons. The molecule has 17 heteroatoms. The number of sulfone groups is 1. The standard InChI is InChI=1S/C19H13N5OS.C15H11N3S.C5H4ClN2O2S/c25-19-20-6-5-17(23-19)22-13-7-12-10-21-24-18(12)14(9-13)16-8-11-3-1-2-4-15(11)26-16;16-11-5-10-8-17-18-15(10)12(7-11)14-6-9-3-1-2-4-13(9)19-14;1-11(9,10)5-7-3-2-4(6)8-5/h1-10H,(H,21,24)(H2,20,22,23,25);1-8H,16H2,(H,17,18);3H,1H3/q;;+1. The lowest BCUT2D eigenvalue weighted by Crippen LogP contribution is -2.12. The second kappa shape index (κ2) is 15.3. The van der Waals surface area contributed by atoms with Crippen molar-refractivity contribution in [2.24, 2.45) is 9.98 Å². The molecule has 6 heterocycles. The number of H-pyrrole nitrogens is 3. The van der Waals surface area contributed by atoms with E-state index in [1.807, 2.05) is 36.5 Å². The molecule has 0 aliphatic carbocycles. The molecule has 0 bridgehead atoms. The first kappa shape index (κ1) is 36.4. The van der Waals surface area contributed by atoms with Crippen LogP contribution in [0.3, 0.4) is 0 Å². The summed E-state index contributed by atoms with van der Waals surface area (Å²) in [5, 5.41) is 21.9. The number of allylic oxidation sites excluding steroid dienone is 1. The van der Waals surface area contributed by atoms with Gasteiger partial charge in [-0.1, -0.05) is 36.4 Å². The molecular weight excluding hydrogens is 788 g/mol. The van der Waals surface area contributed by atoms with Gasteiger partial charge in [0.25, 0.3) is 11.4 Å². The molecule has 0 atom stereocenters. The number of rotatable bonds is 4. The van der Waals surface area contributed by atoms with Crippen molar-refractivity contribution in [2.75, 3.05) is 17.3 Å². The second-order valence-corrected chi connectivity index (χ2v) is 16.8. The third kappa shape index (κ3) is 7.95. The van der Waals surface area contributed by atoms with Gasteiger partial charge in [0, 0.05) is 64.9 Å². The van der Waals surface area contributed by atoms with Gasteiger partial charge in [-0.25, -0.2) is 18.2 Å². The van der Waals surface area contributed by atoms with Crippen LogP contribution in [-0.4, -0.2) is 55.4 Å². The normalized spacial score (nSPS) is 12.4. The number of nitrogens with zero attached hydrogens (tertiary/aromatic N) is 5. The summed E-state index contributed by atoms with van der Waals surface area (Å²) >= 11 is 8.90. The Labute approximate surface area is 331 Å². The number of aromatic nitrogens is 6. The molecule has 1 aliphatic heterocycles. The van der Waals surface area contributed by atoms with Gasteiger partial charge in [0.05, 0.1) is 23.4 Å². The fraction of sp³-hybridized carbons (Fsp3) is 0.0256. The Morgan fingerprint density at radius 3 is 1.96 bits per heavy atom. The van der Waals surface area contributed by atoms with Crippen molar-refractivity contribution in [3.05, 3.63) is 132 Å². The predicted molar refractivity (Wildman–Crippen MR) is 230 cm³/mol. The van der Waals surface area contributed by atoms with Crippen LogP contribution in [0.15, 0.2) is 131 Å². The topological polar surface area (TPSA) is 200 Å². The van der Waals surface area contributed by atoms with Gasteiger partial charge in [-0.15, -0.1) is 22.7 Å². The summed E-state index contributed by atoms with van der Waals surface area (Å²) in [6, 6.07) is 30.8. The molecule has 0 spiro atoms. The number of nitrogens with two attached hydrogens (primary N) is 1. The second-order valence-electron chi connectivity index (χ2n) is 12.3. The number of nitrogen functional groups attached to an aromatic ring is 1. The summed E-state index contributed by atoms with van der Waals surface area (Å²) < 4.78 is 24.1. The minimum absolute atomic E-state index is 0.000394. The number of amidine groups is 1. The third-order valence-electron chi connectivity index (χ3n) is 8.34. The lowest BCUT2D eigenvalue weighted by Gasteiger charge is -2.08. The van der Waals surface area contributed by atoms with Crippen LogP contribution in [-0.2, 0) is 9.84 Å². The molecule has 56 heavy (non-hydrogen) atoms. The predicted octanol–water partition coefficient (Wildman–Crippen LogP) is 8.65. The number of nitrogens with one attached hydrogen (secondary N) is 4. The van der Waals surface area contributed by atoms with Crippen LogP contribution in [0.1, 0.15) is 0 Å². The van der Waals surface area contributed by atoms with E-state index in [2.05, 4.69) is 106 Å².